The van der Waals surface area contributed by atoms with Crippen molar-refractivity contribution in [1.82, 2.24) is 0 Å². The summed E-state index contributed by atoms with van der Waals surface area (Å²) in [5.41, 5.74) is 0. The van der Waals surface area contributed by atoms with Crippen molar-refractivity contribution >= 4 is 58.0 Å². The van der Waals surface area contributed by atoms with Gasteiger partial charge in [-0.1, -0.05) is 23.2 Å². The predicted octanol–water partition coefficient (Wildman–Crippen LogP) is 3.02. The van der Waals surface area contributed by atoms with E-state index >= 15 is 0 Å². The van der Waals surface area contributed by atoms with Gasteiger partial charge < -0.3 is 5.11 Å². The lowest BCUT2D eigenvalue weighted by molar-refractivity contribution is 0.158. The fourth-order valence-electron chi connectivity index (χ4n) is 1.65. The van der Waals surface area contributed by atoms with Gasteiger partial charge >= 0.3 is 0 Å². The number of alkyl halides is 3. The molecule has 2 aliphatic rings. The Bertz CT molecular complexity index is 304. The van der Waals surface area contributed by atoms with E-state index in [0.717, 1.165) is 0 Å². The molecule has 0 spiro atoms. The van der Waals surface area contributed by atoms with Gasteiger partial charge in [0.05, 0.1) is 21.5 Å². The lowest BCUT2D eigenvalue weighted by Gasteiger charge is -2.25. The molecule has 0 heterocycles. The van der Waals surface area contributed by atoms with E-state index in [0.29, 0.717) is 0 Å². The summed E-state index contributed by atoms with van der Waals surface area (Å²) in [5.74, 6) is 0. The molecule has 1 saturated carbocycles. The minimum absolute atomic E-state index is 0.0480. The average molecular weight is 283 g/mol. The zero-order valence-electron chi connectivity index (χ0n) is 7.07. The van der Waals surface area contributed by atoms with Crippen molar-refractivity contribution in [1.29, 1.82) is 0 Å². The lowest BCUT2D eigenvalue weighted by Crippen LogP contribution is -2.37. The highest BCUT2D eigenvalue weighted by molar-refractivity contribution is 6.55. The van der Waals surface area contributed by atoms with Crippen LogP contribution in [0.25, 0.3) is 0 Å². The molecule has 2 rings (SSSR count). The molecule has 1 N–H and O–H groups in total. The number of fused-ring (bicyclic) bond motifs is 2. The highest BCUT2D eigenvalue weighted by atomic mass is 35.5. The van der Waals surface area contributed by atoms with Crippen molar-refractivity contribution in [3.63, 3.8) is 0 Å². The maximum absolute atomic E-state index is 9.71. The third-order valence-electron chi connectivity index (χ3n) is 2.43. The predicted molar refractivity (Wildman–Crippen MR) is 56.2 cm³/mol. The van der Waals surface area contributed by atoms with Crippen LogP contribution in [0.3, 0.4) is 0 Å². The first kappa shape index (κ1) is 9.38. The maximum atomic E-state index is 9.71. The molecule has 74 valence electrons. The number of rotatable bonds is 0. The molecule has 0 amide bonds. The fourth-order valence-corrected chi connectivity index (χ4v) is 3.76. The summed E-state index contributed by atoms with van der Waals surface area (Å²) in [6.07, 6.45) is -2.28. The van der Waals surface area contributed by atoms with Gasteiger partial charge in [0.25, 0.3) is 0 Å². The molecule has 1 nitrogen and oxygen atoms in total. The van der Waals surface area contributed by atoms with E-state index in [4.69, 9.17) is 59.4 Å². The van der Waals surface area contributed by atoms with Crippen LogP contribution in [-0.2, 0) is 0 Å². The smallest absolute Gasteiger partial charge is 0.125 e. The van der Waals surface area contributed by atoms with E-state index in [2.05, 4.69) is 0 Å². The standard InChI is InChI=1S/C7H5Cl5O/c8-3-4(9)7(12)2(13)1-6(3,11)5(7)10/h2,5,13H,1H2/i1D. The first-order chi connectivity index (χ1) is 6.29. The number of halogens is 5. The molecule has 5 atom stereocenters. The quantitative estimate of drug-likeness (QED) is 0.678. The first-order valence-corrected chi connectivity index (χ1v) is 5.42. The Labute approximate surface area is 102 Å². The third-order valence-corrected chi connectivity index (χ3v) is 5.80. The van der Waals surface area contributed by atoms with Gasteiger partial charge in [-0.2, -0.15) is 0 Å². The summed E-state index contributed by atoms with van der Waals surface area (Å²) in [4.78, 5) is -2.80. The average Bonchev–Trinajstić information content (AvgIpc) is 2.37. The number of allylic oxidation sites excluding steroid dienone is 1. The van der Waals surface area contributed by atoms with E-state index < -0.39 is 27.6 Å². The molecule has 1 fully saturated rings. The van der Waals surface area contributed by atoms with Crippen LogP contribution >= 0.6 is 58.0 Å². The first-order valence-electron chi connectivity index (χ1n) is 4.05. The third kappa shape index (κ3) is 1.01. The van der Waals surface area contributed by atoms with E-state index in [1.165, 1.54) is 0 Å². The molecule has 5 unspecified atom stereocenters. The minimum Gasteiger partial charge on any atom is -0.391 e. The second-order valence-electron chi connectivity index (χ2n) is 3.14. The van der Waals surface area contributed by atoms with Crippen molar-refractivity contribution in [2.24, 2.45) is 0 Å². The zero-order valence-corrected chi connectivity index (χ0v) is 9.85. The van der Waals surface area contributed by atoms with Gasteiger partial charge in [-0.15, -0.1) is 34.8 Å². The number of aliphatic hydroxyl groups is 1. The summed E-state index contributed by atoms with van der Waals surface area (Å²) in [6.45, 7) is 0. The van der Waals surface area contributed by atoms with Crippen LogP contribution in [0.4, 0.5) is 0 Å². The van der Waals surface area contributed by atoms with Gasteiger partial charge in [0.2, 0.25) is 0 Å². The van der Waals surface area contributed by atoms with Crippen LogP contribution in [0.5, 0.6) is 0 Å². The highest BCUT2D eigenvalue weighted by Crippen LogP contribution is 2.64. The molecule has 13 heavy (non-hydrogen) atoms. The van der Waals surface area contributed by atoms with Gasteiger partial charge in [0.15, 0.2) is 0 Å². The zero-order chi connectivity index (χ0) is 10.9. The van der Waals surface area contributed by atoms with Crippen molar-refractivity contribution < 1.29 is 6.48 Å². The summed E-state index contributed by atoms with van der Waals surface area (Å²) in [5, 5.41) is 8.94. The second kappa shape index (κ2) is 2.84. The molecule has 0 aromatic rings. The highest BCUT2D eigenvalue weighted by Gasteiger charge is 2.69. The van der Waals surface area contributed by atoms with E-state index in [1.54, 1.807) is 0 Å². The topological polar surface area (TPSA) is 20.2 Å². The van der Waals surface area contributed by atoms with Gasteiger partial charge in [-0.3, -0.25) is 0 Å². The largest absolute Gasteiger partial charge is 0.391 e. The molecule has 2 aliphatic carbocycles. The molecule has 2 bridgehead atoms. The molecule has 0 saturated heterocycles. The summed E-state index contributed by atoms with van der Waals surface area (Å²) < 4.78 is 7.67. The summed E-state index contributed by atoms with van der Waals surface area (Å²) in [6, 6.07) is 0. The van der Waals surface area contributed by atoms with Gasteiger partial charge in [0.1, 0.15) is 9.75 Å². The molecule has 0 aliphatic heterocycles. The Balaban J connectivity index is 2.66. The van der Waals surface area contributed by atoms with Crippen LogP contribution in [-0.4, -0.2) is 26.3 Å². The van der Waals surface area contributed by atoms with Crippen molar-refractivity contribution in [3.8, 4) is 0 Å². The number of hydrogen-bond acceptors (Lipinski definition) is 1. The van der Waals surface area contributed by atoms with Crippen molar-refractivity contribution in [3.05, 3.63) is 10.1 Å². The Morgan fingerprint density at radius 1 is 1.38 bits per heavy atom. The van der Waals surface area contributed by atoms with Crippen LogP contribution in [0.15, 0.2) is 10.1 Å². The van der Waals surface area contributed by atoms with E-state index in [9.17, 15) is 5.11 Å². The van der Waals surface area contributed by atoms with Crippen molar-refractivity contribution in [2.45, 2.75) is 27.6 Å². The maximum Gasteiger partial charge on any atom is 0.125 e. The molecule has 0 aromatic heterocycles. The van der Waals surface area contributed by atoms with E-state index in [-0.39, 0.29) is 10.1 Å². The molecular weight excluding hydrogens is 277 g/mol. The SMILES string of the molecule is [2H]C1C(O)C2(Cl)C(Cl)=C(Cl)C1(Cl)C2Cl. The second-order valence-corrected chi connectivity index (χ2v) is 5.58. The Morgan fingerprint density at radius 2 is 1.92 bits per heavy atom. The van der Waals surface area contributed by atoms with Crippen LogP contribution in [0.1, 0.15) is 7.77 Å². The van der Waals surface area contributed by atoms with Gasteiger partial charge in [-0.05, 0) is 0 Å². The Kier molecular flexibility index (Phi) is 2.05. The Morgan fingerprint density at radius 3 is 2.31 bits per heavy atom. The number of hydrogen-bond donors (Lipinski definition) is 1. The van der Waals surface area contributed by atoms with Crippen molar-refractivity contribution in [2.75, 3.05) is 0 Å². The lowest BCUT2D eigenvalue weighted by atomic mass is 10.0. The van der Waals surface area contributed by atoms with Gasteiger partial charge in [-0.25, -0.2) is 0 Å². The van der Waals surface area contributed by atoms with Crippen LogP contribution in [0, 0.1) is 0 Å². The fraction of sp³-hybridized carbons (Fsp3) is 0.714. The van der Waals surface area contributed by atoms with E-state index in [1.807, 2.05) is 0 Å². The summed E-state index contributed by atoms with van der Waals surface area (Å²) >= 11 is 29.8. The minimum atomic E-state index is -1.42. The summed E-state index contributed by atoms with van der Waals surface area (Å²) in [7, 11) is 0. The monoisotopic (exact) mass is 281 g/mol. The Hall–Kier alpha value is 1.15. The molecule has 6 heteroatoms. The molecule has 0 radical (unpaired) electrons. The van der Waals surface area contributed by atoms with Gasteiger partial charge in [0, 0.05) is 7.77 Å². The normalized spacial score (nSPS) is 61.7. The number of aliphatic hydroxyl groups excluding tert-OH is 1. The van der Waals surface area contributed by atoms with Crippen LogP contribution < -0.4 is 0 Å². The molecule has 0 aromatic carbocycles. The van der Waals surface area contributed by atoms with Crippen LogP contribution in [0.2, 0.25) is 0 Å². The molecular formula is C7H5Cl5O.